The second-order valence-electron chi connectivity index (χ2n) is 6.26. The van der Waals surface area contributed by atoms with Crippen molar-refractivity contribution in [3.05, 3.63) is 53.8 Å². The Bertz CT molecular complexity index is 871. The highest BCUT2D eigenvalue weighted by molar-refractivity contribution is 5.90. The van der Waals surface area contributed by atoms with Crippen molar-refractivity contribution < 1.29 is 28.2 Å². The molecule has 2 amide bonds. The molecule has 0 saturated carbocycles. The van der Waals surface area contributed by atoms with Crippen LogP contribution in [0.25, 0.3) is 0 Å². The molecule has 2 aliphatic heterocycles. The maximum absolute atomic E-state index is 12.9. The highest BCUT2D eigenvalue weighted by atomic mass is 19.1. The number of nitrogens with one attached hydrogen (secondary N) is 1. The molecular formula is C19H17FN2O5. The van der Waals surface area contributed by atoms with Crippen LogP contribution >= 0.6 is 0 Å². The number of hydrogen-bond acceptors (Lipinski definition) is 5. The van der Waals surface area contributed by atoms with E-state index in [1.807, 2.05) is 0 Å². The largest absolute Gasteiger partial charge is 0.454 e. The molecule has 8 heteroatoms. The fourth-order valence-electron chi connectivity index (χ4n) is 2.97. The number of cyclic esters (lactones) is 1. The zero-order valence-electron chi connectivity index (χ0n) is 14.3. The Balaban J connectivity index is 1.31. The predicted molar refractivity (Wildman–Crippen MR) is 93.3 cm³/mol. The minimum atomic E-state index is -0.480. The summed E-state index contributed by atoms with van der Waals surface area (Å²) < 4.78 is 28.8. The lowest BCUT2D eigenvalue weighted by Crippen LogP contribution is -2.35. The predicted octanol–water partition coefficient (Wildman–Crippen LogP) is 2.24. The summed E-state index contributed by atoms with van der Waals surface area (Å²) in [6, 6.07) is 11.0. The van der Waals surface area contributed by atoms with Gasteiger partial charge in [-0.05, 0) is 29.8 Å². The molecule has 0 aliphatic carbocycles. The van der Waals surface area contributed by atoms with Crippen LogP contribution in [-0.2, 0) is 16.0 Å². The molecule has 27 heavy (non-hydrogen) atoms. The standard InChI is InChI=1S/C19H17FN2O5/c20-13-3-1-12(2-4-13)7-18(23)21-9-15-10-22(19(24)27-15)14-5-6-16-17(8-14)26-11-25-16/h1-6,8,15H,7,9-11H2,(H,21,23). The van der Waals surface area contributed by atoms with Crippen LogP contribution in [0.5, 0.6) is 11.5 Å². The Morgan fingerprint density at radius 1 is 1.15 bits per heavy atom. The third-order valence-electron chi connectivity index (χ3n) is 4.35. The minimum Gasteiger partial charge on any atom is -0.454 e. The first-order valence-corrected chi connectivity index (χ1v) is 8.47. The van der Waals surface area contributed by atoms with Crippen LogP contribution in [0, 0.1) is 5.82 Å². The number of nitrogens with zero attached hydrogens (tertiary/aromatic N) is 1. The normalized spacial score (nSPS) is 17.7. The van der Waals surface area contributed by atoms with Crippen LogP contribution in [0.4, 0.5) is 14.9 Å². The molecule has 2 aromatic carbocycles. The van der Waals surface area contributed by atoms with Gasteiger partial charge in [0.25, 0.3) is 0 Å². The molecule has 1 saturated heterocycles. The van der Waals surface area contributed by atoms with Gasteiger partial charge in [0, 0.05) is 6.07 Å². The van der Waals surface area contributed by atoms with Gasteiger partial charge in [-0.25, -0.2) is 9.18 Å². The van der Waals surface area contributed by atoms with Crippen molar-refractivity contribution in [1.29, 1.82) is 0 Å². The fraction of sp³-hybridized carbons (Fsp3) is 0.263. The SMILES string of the molecule is O=C(Cc1ccc(F)cc1)NCC1CN(c2ccc3c(c2)OCO3)C(=O)O1. The van der Waals surface area contributed by atoms with E-state index in [0.717, 1.165) is 0 Å². The van der Waals surface area contributed by atoms with E-state index in [4.69, 9.17) is 14.2 Å². The number of benzene rings is 2. The molecular weight excluding hydrogens is 355 g/mol. The molecule has 0 radical (unpaired) electrons. The summed E-state index contributed by atoms with van der Waals surface area (Å²) in [5, 5.41) is 2.74. The molecule has 0 spiro atoms. The van der Waals surface area contributed by atoms with Crippen molar-refractivity contribution >= 4 is 17.7 Å². The quantitative estimate of drug-likeness (QED) is 0.871. The number of fused-ring (bicyclic) bond motifs is 1. The number of halogens is 1. The molecule has 2 aliphatic rings. The zero-order chi connectivity index (χ0) is 18.8. The van der Waals surface area contributed by atoms with E-state index in [1.165, 1.54) is 17.0 Å². The van der Waals surface area contributed by atoms with Crippen LogP contribution in [0.1, 0.15) is 5.56 Å². The van der Waals surface area contributed by atoms with Crippen molar-refractivity contribution in [2.45, 2.75) is 12.5 Å². The summed E-state index contributed by atoms with van der Waals surface area (Å²) in [7, 11) is 0. The molecule has 4 rings (SSSR count). The highest BCUT2D eigenvalue weighted by Gasteiger charge is 2.33. The van der Waals surface area contributed by atoms with Gasteiger partial charge in [-0.3, -0.25) is 9.69 Å². The first-order valence-electron chi connectivity index (χ1n) is 8.47. The van der Waals surface area contributed by atoms with E-state index in [1.54, 1.807) is 30.3 Å². The van der Waals surface area contributed by atoms with E-state index in [0.29, 0.717) is 29.3 Å². The molecule has 2 heterocycles. The van der Waals surface area contributed by atoms with E-state index >= 15 is 0 Å². The zero-order valence-corrected chi connectivity index (χ0v) is 14.3. The van der Waals surface area contributed by atoms with E-state index in [9.17, 15) is 14.0 Å². The Kier molecular flexibility index (Phi) is 4.53. The number of rotatable bonds is 5. The Morgan fingerprint density at radius 2 is 1.93 bits per heavy atom. The Labute approximate surface area is 154 Å². The number of carbonyl (C=O) groups excluding carboxylic acids is 2. The molecule has 140 valence electrons. The number of carbonyl (C=O) groups is 2. The summed E-state index contributed by atoms with van der Waals surface area (Å²) in [4.78, 5) is 25.6. The molecule has 1 N–H and O–H groups in total. The minimum absolute atomic E-state index is 0.132. The van der Waals surface area contributed by atoms with Crippen LogP contribution in [0.3, 0.4) is 0 Å². The maximum atomic E-state index is 12.9. The Hall–Kier alpha value is -3.29. The van der Waals surface area contributed by atoms with Crippen molar-refractivity contribution in [1.82, 2.24) is 5.32 Å². The van der Waals surface area contributed by atoms with Crippen LogP contribution in [0.15, 0.2) is 42.5 Å². The summed E-state index contributed by atoms with van der Waals surface area (Å²) in [6.07, 6.45) is -0.806. The van der Waals surface area contributed by atoms with Gasteiger partial charge < -0.3 is 19.5 Å². The third-order valence-corrected chi connectivity index (χ3v) is 4.35. The van der Waals surface area contributed by atoms with Gasteiger partial charge in [-0.2, -0.15) is 0 Å². The number of anilines is 1. The maximum Gasteiger partial charge on any atom is 0.414 e. The van der Waals surface area contributed by atoms with Crippen LogP contribution in [-0.4, -0.2) is 38.0 Å². The number of ether oxygens (including phenoxy) is 3. The smallest absolute Gasteiger partial charge is 0.414 e. The first-order chi connectivity index (χ1) is 13.1. The lowest BCUT2D eigenvalue weighted by molar-refractivity contribution is -0.120. The second kappa shape index (κ2) is 7.14. The first kappa shape index (κ1) is 17.1. The van der Waals surface area contributed by atoms with Crippen molar-refractivity contribution in [3.63, 3.8) is 0 Å². The summed E-state index contributed by atoms with van der Waals surface area (Å²) in [5.74, 6) is 0.645. The van der Waals surface area contributed by atoms with E-state index in [-0.39, 0.29) is 31.5 Å². The second-order valence-corrected chi connectivity index (χ2v) is 6.26. The van der Waals surface area contributed by atoms with Crippen molar-refractivity contribution in [3.8, 4) is 11.5 Å². The lowest BCUT2D eigenvalue weighted by Gasteiger charge is -2.13. The lowest BCUT2D eigenvalue weighted by atomic mass is 10.1. The van der Waals surface area contributed by atoms with Gasteiger partial charge in [0.15, 0.2) is 11.5 Å². The van der Waals surface area contributed by atoms with Gasteiger partial charge in [0.05, 0.1) is 25.2 Å². The summed E-state index contributed by atoms with van der Waals surface area (Å²) >= 11 is 0. The topological polar surface area (TPSA) is 77.1 Å². The third kappa shape index (κ3) is 3.79. The van der Waals surface area contributed by atoms with Crippen molar-refractivity contribution in [2.75, 3.05) is 24.8 Å². The van der Waals surface area contributed by atoms with Gasteiger partial charge in [-0.15, -0.1) is 0 Å². The Morgan fingerprint density at radius 3 is 2.74 bits per heavy atom. The van der Waals surface area contributed by atoms with Crippen LogP contribution < -0.4 is 19.7 Å². The fourth-order valence-corrected chi connectivity index (χ4v) is 2.97. The molecule has 1 atom stereocenters. The number of amides is 2. The molecule has 0 aromatic heterocycles. The summed E-state index contributed by atoms with van der Waals surface area (Å²) in [6.45, 7) is 0.675. The van der Waals surface area contributed by atoms with E-state index < -0.39 is 12.2 Å². The van der Waals surface area contributed by atoms with Gasteiger partial charge in [0.1, 0.15) is 11.9 Å². The van der Waals surface area contributed by atoms with Crippen molar-refractivity contribution in [2.24, 2.45) is 0 Å². The average Bonchev–Trinajstić information content (AvgIpc) is 3.27. The van der Waals surface area contributed by atoms with Crippen LogP contribution in [0.2, 0.25) is 0 Å². The highest BCUT2D eigenvalue weighted by Crippen LogP contribution is 2.36. The summed E-state index contributed by atoms with van der Waals surface area (Å²) in [5.41, 5.74) is 1.35. The molecule has 7 nitrogen and oxygen atoms in total. The molecule has 2 aromatic rings. The monoisotopic (exact) mass is 372 g/mol. The molecule has 1 unspecified atom stereocenters. The van der Waals surface area contributed by atoms with E-state index in [2.05, 4.69) is 5.32 Å². The van der Waals surface area contributed by atoms with Gasteiger partial charge in [0.2, 0.25) is 12.7 Å². The average molecular weight is 372 g/mol. The number of hydrogen-bond donors (Lipinski definition) is 1. The molecule has 0 bridgehead atoms. The van der Waals surface area contributed by atoms with Gasteiger partial charge >= 0.3 is 6.09 Å². The molecule has 1 fully saturated rings. The van der Waals surface area contributed by atoms with Gasteiger partial charge in [-0.1, -0.05) is 12.1 Å².